The fourth-order valence-corrected chi connectivity index (χ4v) is 10.4. The lowest BCUT2D eigenvalue weighted by molar-refractivity contribution is 0.668. The highest BCUT2D eigenvalue weighted by Crippen LogP contribution is 2.41. The number of benzene rings is 9. The molecule has 0 bridgehead atoms. The molecule has 5 heteroatoms. The standard InChI is InChI=1S/C57H37N3OS/c1-34(2)55(45-23-14-22-44-43-21-10-13-26-54(43)62-56(44)45)59-57(40-28-27-36-15-4-5-16-37(36)29-40)58-35(3)46-32-48-42-20-9-12-25-52(42)61-53(48)33-51(46)60-49-24-11-8-19-41(49)47-30-38-17-6-7-18-39(38)31-50(47)60/h4-33H,1,3H2,2H3. The minimum Gasteiger partial charge on any atom is -0.456 e. The summed E-state index contributed by atoms with van der Waals surface area (Å²) in [5.74, 6) is 0.549. The zero-order chi connectivity index (χ0) is 41.5. The highest BCUT2D eigenvalue weighted by Gasteiger charge is 2.22. The van der Waals surface area contributed by atoms with Crippen LogP contribution in [0.3, 0.4) is 0 Å². The molecule has 9 aromatic carbocycles. The molecule has 0 saturated carbocycles. The van der Waals surface area contributed by atoms with E-state index in [1.165, 1.54) is 41.7 Å². The molecule has 3 aromatic heterocycles. The molecule has 12 rings (SSSR count). The van der Waals surface area contributed by atoms with E-state index in [1.54, 1.807) is 11.3 Å². The predicted octanol–water partition coefficient (Wildman–Crippen LogP) is 15.8. The van der Waals surface area contributed by atoms with Crippen LogP contribution in [0, 0.1) is 0 Å². The summed E-state index contributed by atoms with van der Waals surface area (Å²) in [7, 11) is 0. The van der Waals surface area contributed by atoms with Gasteiger partial charge in [0.2, 0.25) is 0 Å². The Bertz CT molecular complexity index is 3930. The van der Waals surface area contributed by atoms with Crippen molar-refractivity contribution in [3.63, 3.8) is 0 Å². The molecule has 0 fully saturated rings. The fourth-order valence-electron chi connectivity index (χ4n) is 9.19. The number of amidine groups is 1. The van der Waals surface area contributed by atoms with E-state index < -0.39 is 0 Å². The SMILES string of the molecule is C=C(C)C(=NC(=NC(=C)c1cc2c(cc1-n1c3ccccc3c3cc4ccccc4cc31)oc1ccccc12)c1ccc2ccccc2c1)c1cccc2c1sc1ccccc12. The second-order valence-electron chi connectivity index (χ2n) is 16.0. The maximum Gasteiger partial charge on any atom is 0.160 e. The van der Waals surface area contributed by atoms with Gasteiger partial charge in [0, 0.05) is 64.5 Å². The number of fused-ring (bicyclic) bond motifs is 11. The number of para-hydroxylation sites is 2. The number of rotatable bonds is 6. The smallest absolute Gasteiger partial charge is 0.160 e. The van der Waals surface area contributed by atoms with Gasteiger partial charge in [0.1, 0.15) is 11.2 Å². The second kappa shape index (κ2) is 14.1. The van der Waals surface area contributed by atoms with Gasteiger partial charge in [-0.05, 0) is 76.5 Å². The molecule has 0 aliphatic rings. The average molecular weight is 812 g/mol. The van der Waals surface area contributed by atoms with Crippen LogP contribution in [0.2, 0.25) is 0 Å². The van der Waals surface area contributed by atoms with E-state index in [9.17, 15) is 0 Å². The zero-order valence-corrected chi connectivity index (χ0v) is 34.7. The molecule has 12 aromatic rings. The van der Waals surface area contributed by atoms with E-state index in [0.717, 1.165) is 77.4 Å². The summed E-state index contributed by atoms with van der Waals surface area (Å²) < 4.78 is 11.3. The molecule has 0 aliphatic carbocycles. The van der Waals surface area contributed by atoms with E-state index in [0.29, 0.717) is 11.5 Å². The molecule has 62 heavy (non-hydrogen) atoms. The lowest BCUT2D eigenvalue weighted by Crippen LogP contribution is -2.09. The minimum atomic E-state index is 0.549. The van der Waals surface area contributed by atoms with Gasteiger partial charge in [-0.15, -0.1) is 11.3 Å². The zero-order valence-electron chi connectivity index (χ0n) is 33.9. The molecule has 0 atom stereocenters. The van der Waals surface area contributed by atoms with Crippen LogP contribution in [0.1, 0.15) is 23.6 Å². The van der Waals surface area contributed by atoms with Crippen molar-refractivity contribution in [1.82, 2.24) is 4.57 Å². The summed E-state index contributed by atoms with van der Waals surface area (Å²) in [5.41, 5.74) is 9.70. The number of aliphatic imine (C=N–C) groups is 2. The van der Waals surface area contributed by atoms with Crippen LogP contribution in [0.15, 0.2) is 215 Å². The van der Waals surface area contributed by atoms with Crippen LogP contribution >= 0.6 is 11.3 Å². The van der Waals surface area contributed by atoms with Crippen LogP contribution in [0.5, 0.6) is 0 Å². The summed E-state index contributed by atoms with van der Waals surface area (Å²) >= 11 is 1.78. The molecule has 0 spiro atoms. The van der Waals surface area contributed by atoms with Crippen molar-refractivity contribution in [1.29, 1.82) is 0 Å². The van der Waals surface area contributed by atoms with Crippen molar-refractivity contribution < 1.29 is 4.42 Å². The first-order chi connectivity index (χ1) is 30.5. The van der Waals surface area contributed by atoms with Gasteiger partial charge in [-0.2, -0.15) is 0 Å². The normalized spacial score (nSPS) is 12.6. The Morgan fingerprint density at radius 3 is 2.00 bits per heavy atom. The van der Waals surface area contributed by atoms with Crippen molar-refractivity contribution in [2.24, 2.45) is 9.98 Å². The molecule has 4 nitrogen and oxygen atoms in total. The average Bonchev–Trinajstić information content (AvgIpc) is 3.98. The first-order valence-electron chi connectivity index (χ1n) is 20.8. The first-order valence-corrected chi connectivity index (χ1v) is 21.6. The van der Waals surface area contributed by atoms with Gasteiger partial charge in [-0.25, -0.2) is 9.98 Å². The maximum absolute atomic E-state index is 6.59. The Morgan fingerprint density at radius 1 is 0.500 bits per heavy atom. The number of furan rings is 1. The van der Waals surface area contributed by atoms with E-state index in [1.807, 2.05) is 19.1 Å². The van der Waals surface area contributed by atoms with Gasteiger partial charge in [0.05, 0.1) is 28.1 Å². The van der Waals surface area contributed by atoms with Crippen LogP contribution in [-0.4, -0.2) is 16.1 Å². The quantitative estimate of drug-likeness (QED) is 0.122. The van der Waals surface area contributed by atoms with Crippen molar-refractivity contribution in [2.75, 3.05) is 0 Å². The number of aromatic nitrogens is 1. The van der Waals surface area contributed by atoms with E-state index in [4.69, 9.17) is 21.0 Å². The Labute approximate surface area is 361 Å². The maximum atomic E-state index is 6.59. The monoisotopic (exact) mass is 811 g/mol. The van der Waals surface area contributed by atoms with Crippen molar-refractivity contribution in [3.8, 4) is 5.69 Å². The summed E-state index contributed by atoms with van der Waals surface area (Å²) in [6.45, 7) is 11.3. The van der Waals surface area contributed by atoms with Crippen LogP contribution < -0.4 is 0 Å². The highest BCUT2D eigenvalue weighted by molar-refractivity contribution is 7.26. The van der Waals surface area contributed by atoms with Crippen molar-refractivity contribution in [3.05, 3.63) is 217 Å². The van der Waals surface area contributed by atoms with Gasteiger partial charge in [0.25, 0.3) is 0 Å². The third-order valence-electron chi connectivity index (χ3n) is 12.1. The lowest BCUT2D eigenvalue weighted by Gasteiger charge is -2.16. The molecular weight excluding hydrogens is 775 g/mol. The van der Waals surface area contributed by atoms with E-state index >= 15 is 0 Å². The van der Waals surface area contributed by atoms with Gasteiger partial charge < -0.3 is 8.98 Å². The predicted molar refractivity (Wildman–Crippen MR) is 266 cm³/mol. The lowest BCUT2D eigenvalue weighted by atomic mass is 10.0. The third kappa shape index (κ3) is 5.74. The molecule has 3 heterocycles. The molecule has 0 saturated heterocycles. The number of allylic oxidation sites excluding steroid dienone is 1. The Kier molecular flexibility index (Phi) is 8.21. The Morgan fingerprint density at radius 2 is 1.18 bits per heavy atom. The largest absolute Gasteiger partial charge is 0.456 e. The molecule has 0 unspecified atom stereocenters. The van der Waals surface area contributed by atoms with Crippen molar-refractivity contribution >= 4 is 114 Å². The van der Waals surface area contributed by atoms with Gasteiger partial charge in [-0.1, -0.05) is 147 Å². The molecule has 0 aliphatic heterocycles. The molecule has 0 radical (unpaired) electrons. The summed E-state index contributed by atoms with van der Waals surface area (Å²) in [6.07, 6.45) is 0. The number of nitrogens with zero attached hydrogens (tertiary/aromatic N) is 3. The highest BCUT2D eigenvalue weighted by atomic mass is 32.1. The van der Waals surface area contributed by atoms with Crippen LogP contribution in [0.25, 0.3) is 96.8 Å². The van der Waals surface area contributed by atoms with Crippen LogP contribution in [-0.2, 0) is 0 Å². The number of thiophene rings is 1. The molecular formula is C57H37N3OS. The Hall–Kier alpha value is -7.86. The summed E-state index contributed by atoms with van der Waals surface area (Å²) in [6, 6.07) is 64.2. The van der Waals surface area contributed by atoms with Gasteiger partial charge in [0.15, 0.2) is 5.84 Å². The van der Waals surface area contributed by atoms with Gasteiger partial charge >= 0.3 is 0 Å². The second-order valence-corrected chi connectivity index (χ2v) is 17.1. The summed E-state index contributed by atoms with van der Waals surface area (Å²) in [5, 5.41) is 11.4. The fraction of sp³-hybridized carbons (Fsp3) is 0.0175. The first kappa shape index (κ1) is 36.0. The molecule has 0 amide bonds. The topological polar surface area (TPSA) is 42.8 Å². The summed E-state index contributed by atoms with van der Waals surface area (Å²) in [4.78, 5) is 11.0. The van der Waals surface area contributed by atoms with Crippen LogP contribution in [0.4, 0.5) is 0 Å². The molecule has 0 N–H and O–H groups in total. The Balaban J connectivity index is 1.14. The minimum absolute atomic E-state index is 0.549. The van der Waals surface area contributed by atoms with E-state index in [2.05, 4.69) is 181 Å². The number of hydrogen-bond acceptors (Lipinski definition) is 3. The number of hydrogen-bond donors (Lipinski definition) is 0. The molecule has 292 valence electrons. The van der Waals surface area contributed by atoms with E-state index in [-0.39, 0.29) is 0 Å². The third-order valence-corrected chi connectivity index (χ3v) is 13.3. The van der Waals surface area contributed by atoms with Gasteiger partial charge in [-0.3, -0.25) is 0 Å². The van der Waals surface area contributed by atoms with Crippen molar-refractivity contribution in [2.45, 2.75) is 6.92 Å².